The van der Waals surface area contributed by atoms with E-state index in [1.165, 1.54) is 50.3 Å². The SMILES string of the molecule is CCCCCCCCNCc1cc(F)ccc1C#N. The Labute approximate surface area is 115 Å². The van der Waals surface area contributed by atoms with Gasteiger partial charge in [-0.05, 0) is 36.7 Å². The minimum absolute atomic E-state index is 0.282. The Morgan fingerprint density at radius 3 is 2.63 bits per heavy atom. The van der Waals surface area contributed by atoms with Crippen molar-refractivity contribution in [3.63, 3.8) is 0 Å². The molecule has 0 heterocycles. The molecule has 0 fully saturated rings. The van der Waals surface area contributed by atoms with Gasteiger partial charge in [-0.25, -0.2) is 4.39 Å². The molecule has 3 heteroatoms. The van der Waals surface area contributed by atoms with Crippen molar-refractivity contribution in [2.75, 3.05) is 6.54 Å². The van der Waals surface area contributed by atoms with Crippen molar-refractivity contribution >= 4 is 0 Å². The molecule has 0 aliphatic heterocycles. The molecule has 2 nitrogen and oxygen atoms in total. The Balaban J connectivity index is 2.19. The summed E-state index contributed by atoms with van der Waals surface area (Å²) in [5.74, 6) is -0.282. The molecule has 0 spiro atoms. The first-order chi connectivity index (χ1) is 9.27. The topological polar surface area (TPSA) is 35.8 Å². The van der Waals surface area contributed by atoms with Crippen molar-refractivity contribution in [3.05, 3.63) is 35.1 Å². The zero-order valence-corrected chi connectivity index (χ0v) is 11.7. The summed E-state index contributed by atoms with van der Waals surface area (Å²) in [7, 11) is 0. The molecule has 0 saturated heterocycles. The molecular weight excluding hydrogens is 239 g/mol. The number of halogens is 1. The lowest BCUT2D eigenvalue weighted by atomic mass is 10.1. The summed E-state index contributed by atoms with van der Waals surface area (Å²) >= 11 is 0. The Morgan fingerprint density at radius 2 is 1.89 bits per heavy atom. The van der Waals surface area contributed by atoms with Gasteiger partial charge in [-0.2, -0.15) is 5.26 Å². The van der Waals surface area contributed by atoms with E-state index in [-0.39, 0.29) is 5.82 Å². The van der Waals surface area contributed by atoms with Gasteiger partial charge in [0.05, 0.1) is 11.6 Å². The third-order valence-electron chi connectivity index (χ3n) is 3.21. The first-order valence-electron chi connectivity index (χ1n) is 7.17. The van der Waals surface area contributed by atoms with Crippen LogP contribution in [0.1, 0.15) is 56.6 Å². The van der Waals surface area contributed by atoms with E-state index in [2.05, 4.69) is 18.3 Å². The summed E-state index contributed by atoms with van der Waals surface area (Å²) in [6.45, 7) is 3.70. The summed E-state index contributed by atoms with van der Waals surface area (Å²) in [5.41, 5.74) is 1.30. The number of hydrogen-bond acceptors (Lipinski definition) is 2. The minimum Gasteiger partial charge on any atom is -0.313 e. The number of nitrogens with one attached hydrogen (secondary N) is 1. The van der Waals surface area contributed by atoms with E-state index in [4.69, 9.17) is 5.26 Å². The molecule has 0 atom stereocenters. The fraction of sp³-hybridized carbons (Fsp3) is 0.562. The van der Waals surface area contributed by atoms with Crippen molar-refractivity contribution in [3.8, 4) is 6.07 Å². The van der Waals surface area contributed by atoms with Crippen LogP contribution in [0, 0.1) is 17.1 Å². The highest BCUT2D eigenvalue weighted by Gasteiger charge is 2.03. The average Bonchev–Trinajstić information content (AvgIpc) is 2.42. The number of nitrogens with zero attached hydrogens (tertiary/aromatic N) is 1. The van der Waals surface area contributed by atoms with E-state index in [1.807, 2.05) is 0 Å². The molecule has 0 unspecified atom stereocenters. The molecule has 1 aromatic rings. The third kappa shape index (κ3) is 6.35. The molecule has 1 N–H and O–H groups in total. The van der Waals surface area contributed by atoms with E-state index in [0.29, 0.717) is 12.1 Å². The molecule has 19 heavy (non-hydrogen) atoms. The first kappa shape index (κ1) is 15.7. The smallest absolute Gasteiger partial charge is 0.123 e. The van der Waals surface area contributed by atoms with Crippen LogP contribution in [0.2, 0.25) is 0 Å². The van der Waals surface area contributed by atoms with E-state index < -0.39 is 0 Å². The quantitative estimate of drug-likeness (QED) is 0.679. The average molecular weight is 262 g/mol. The van der Waals surface area contributed by atoms with Crippen LogP contribution in [0.3, 0.4) is 0 Å². The zero-order valence-electron chi connectivity index (χ0n) is 11.7. The number of benzene rings is 1. The maximum Gasteiger partial charge on any atom is 0.123 e. The van der Waals surface area contributed by atoms with Crippen molar-refractivity contribution in [2.45, 2.75) is 52.0 Å². The second-order valence-electron chi connectivity index (χ2n) is 4.86. The molecule has 0 aliphatic rings. The minimum atomic E-state index is -0.282. The van der Waals surface area contributed by atoms with Gasteiger partial charge in [0.25, 0.3) is 0 Å². The lowest BCUT2D eigenvalue weighted by molar-refractivity contribution is 0.569. The lowest BCUT2D eigenvalue weighted by Gasteiger charge is -2.07. The lowest BCUT2D eigenvalue weighted by Crippen LogP contribution is -2.15. The predicted molar refractivity (Wildman–Crippen MR) is 76.2 cm³/mol. The van der Waals surface area contributed by atoms with Crippen LogP contribution in [-0.2, 0) is 6.54 Å². The Hall–Kier alpha value is -1.40. The van der Waals surface area contributed by atoms with Gasteiger partial charge in [0.2, 0.25) is 0 Å². The molecule has 0 radical (unpaired) electrons. The summed E-state index contributed by atoms with van der Waals surface area (Å²) in [5, 5.41) is 12.2. The number of nitriles is 1. The van der Waals surface area contributed by atoms with Crippen molar-refractivity contribution in [2.24, 2.45) is 0 Å². The molecular formula is C16H23FN2. The number of hydrogen-bond donors (Lipinski definition) is 1. The predicted octanol–water partition coefficient (Wildman–Crippen LogP) is 4.15. The fourth-order valence-corrected chi connectivity index (χ4v) is 2.07. The van der Waals surface area contributed by atoms with E-state index in [1.54, 1.807) is 0 Å². The highest BCUT2D eigenvalue weighted by Crippen LogP contribution is 2.10. The fourth-order valence-electron chi connectivity index (χ4n) is 2.07. The van der Waals surface area contributed by atoms with Crippen LogP contribution in [-0.4, -0.2) is 6.54 Å². The van der Waals surface area contributed by atoms with Crippen molar-refractivity contribution < 1.29 is 4.39 Å². The number of unbranched alkanes of at least 4 members (excludes halogenated alkanes) is 5. The Bertz CT molecular complexity index is 410. The second-order valence-corrected chi connectivity index (χ2v) is 4.86. The second kappa shape index (κ2) is 9.52. The third-order valence-corrected chi connectivity index (χ3v) is 3.21. The van der Waals surface area contributed by atoms with Crippen LogP contribution in [0.5, 0.6) is 0 Å². The Morgan fingerprint density at radius 1 is 1.16 bits per heavy atom. The van der Waals surface area contributed by atoms with Gasteiger partial charge in [0.15, 0.2) is 0 Å². The van der Waals surface area contributed by atoms with Crippen LogP contribution in [0.25, 0.3) is 0 Å². The molecule has 0 saturated carbocycles. The standard InChI is InChI=1S/C16H23FN2/c1-2-3-4-5-6-7-10-19-13-15-11-16(17)9-8-14(15)12-18/h8-9,11,19H,2-7,10,13H2,1H3. The molecule has 104 valence electrons. The van der Waals surface area contributed by atoms with Crippen LogP contribution in [0.15, 0.2) is 18.2 Å². The highest BCUT2D eigenvalue weighted by molar-refractivity contribution is 5.37. The molecule has 0 aliphatic carbocycles. The van der Waals surface area contributed by atoms with Crippen molar-refractivity contribution in [1.29, 1.82) is 5.26 Å². The summed E-state index contributed by atoms with van der Waals surface area (Å²) < 4.78 is 13.1. The maximum absolute atomic E-state index is 13.1. The van der Waals surface area contributed by atoms with Crippen LogP contribution >= 0.6 is 0 Å². The van der Waals surface area contributed by atoms with Gasteiger partial charge in [-0.1, -0.05) is 39.0 Å². The number of rotatable bonds is 9. The molecule has 1 rings (SSSR count). The van der Waals surface area contributed by atoms with Crippen molar-refractivity contribution in [1.82, 2.24) is 5.32 Å². The Kier molecular flexibility index (Phi) is 7.84. The van der Waals surface area contributed by atoms with E-state index in [0.717, 1.165) is 18.5 Å². The van der Waals surface area contributed by atoms with E-state index in [9.17, 15) is 4.39 Å². The monoisotopic (exact) mass is 262 g/mol. The van der Waals surface area contributed by atoms with Gasteiger partial charge in [0, 0.05) is 6.54 Å². The van der Waals surface area contributed by atoms with Gasteiger partial charge < -0.3 is 5.32 Å². The van der Waals surface area contributed by atoms with Crippen LogP contribution in [0.4, 0.5) is 4.39 Å². The maximum atomic E-state index is 13.1. The summed E-state index contributed by atoms with van der Waals surface area (Å²) in [6, 6.07) is 6.40. The largest absolute Gasteiger partial charge is 0.313 e. The summed E-state index contributed by atoms with van der Waals surface area (Å²) in [6.07, 6.45) is 7.58. The van der Waals surface area contributed by atoms with Gasteiger partial charge >= 0.3 is 0 Å². The molecule has 1 aromatic carbocycles. The van der Waals surface area contributed by atoms with Gasteiger partial charge in [-0.15, -0.1) is 0 Å². The van der Waals surface area contributed by atoms with Crippen LogP contribution < -0.4 is 5.32 Å². The van der Waals surface area contributed by atoms with E-state index >= 15 is 0 Å². The zero-order chi connectivity index (χ0) is 13.9. The molecule has 0 aromatic heterocycles. The van der Waals surface area contributed by atoms with Gasteiger partial charge in [-0.3, -0.25) is 0 Å². The van der Waals surface area contributed by atoms with Gasteiger partial charge in [0.1, 0.15) is 5.82 Å². The first-order valence-corrected chi connectivity index (χ1v) is 7.17. The highest BCUT2D eigenvalue weighted by atomic mass is 19.1. The normalized spacial score (nSPS) is 10.4. The molecule has 0 bridgehead atoms. The molecule has 0 amide bonds. The summed E-state index contributed by atoms with van der Waals surface area (Å²) in [4.78, 5) is 0.